The largest absolute Gasteiger partial charge is 0.497 e. The lowest BCUT2D eigenvalue weighted by molar-refractivity contribution is -0.200. The number of fused-ring (bicyclic) bond motifs is 1. The molecule has 6 atom stereocenters. The van der Waals surface area contributed by atoms with Crippen molar-refractivity contribution in [2.45, 2.75) is 48.3 Å². The molecule has 0 unspecified atom stereocenters. The number of nitrogens with one attached hydrogen (secondary N) is 1. The van der Waals surface area contributed by atoms with Gasteiger partial charge in [0, 0.05) is 35.9 Å². The third-order valence-corrected chi connectivity index (χ3v) is 10.3. The summed E-state index contributed by atoms with van der Waals surface area (Å²) in [7, 11) is 7.39. The summed E-state index contributed by atoms with van der Waals surface area (Å²) in [6.07, 6.45) is 7.23. The molecule has 2 aliphatic heterocycles. The van der Waals surface area contributed by atoms with Crippen LogP contribution in [0.25, 0.3) is 0 Å². The third-order valence-electron chi connectivity index (χ3n) is 10.3. The molecule has 1 saturated heterocycles. The summed E-state index contributed by atoms with van der Waals surface area (Å²) in [6, 6.07) is 12.6. The van der Waals surface area contributed by atoms with Gasteiger partial charge < -0.3 is 33.6 Å². The lowest BCUT2D eigenvalue weighted by Crippen LogP contribution is -2.78. The van der Waals surface area contributed by atoms with Crippen LogP contribution in [0, 0.1) is 5.41 Å². The van der Waals surface area contributed by atoms with Crippen molar-refractivity contribution in [3.05, 3.63) is 65.6 Å². The first-order valence-electron chi connectivity index (χ1n) is 13.6. The van der Waals surface area contributed by atoms with Crippen LogP contribution in [0.2, 0.25) is 0 Å². The lowest BCUT2D eigenvalue weighted by Gasteiger charge is -2.70. The van der Waals surface area contributed by atoms with Gasteiger partial charge >= 0.3 is 6.01 Å². The smallest absolute Gasteiger partial charge is 0.320 e. The fourth-order valence-electron chi connectivity index (χ4n) is 8.74. The highest BCUT2D eigenvalue weighted by atomic mass is 16.6. The third kappa shape index (κ3) is 2.67. The number of hydrogen-bond donors (Lipinski definition) is 1. The Bertz CT molecular complexity index is 1520. The number of ether oxygens (including phenoxy) is 4. The summed E-state index contributed by atoms with van der Waals surface area (Å²) < 4.78 is 31.0. The molecule has 9 nitrogen and oxygen atoms in total. The summed E-state index contributed by atoms with van der Waals surface area (Å²) in [5.41, 5.74) is 2.37. The molecule has 4 bridgehead atoms. The molecular weight excluding hydrogens is 496 g/mol. The zero-order chi connectivity index (χ0) is 26.6. The van der Waals surface area contributed by atoms with Crippen molar-refractivity contribution in [1.29, 1.82) is 0 Å². The van der Waals surface area contributed by atoms with Crippen molar-refractivity contribution < 1.29 is 23.4 Å². The SMILES string of the molecule is COc1cccc(Nc2nnc([C@H]3C[C@@]45C=C[C@]3(OC)[C@@H]3Oc6c(OC)ccc7c6[C@@]34CCN(C)[C@@H]5C7)o2)c1. The quantitative estimate of drug-likeness (QED) is 0.472. The fraction of sp³-hybridized carbons (Fsp3) is 0.467. The van der Waals surface area contributed by atoms with Gasteiger partial charge in [0.2, 0.25) is 5.89 Å². The lowest BCUT2D eigenvalue weighted by atomic mass is 9.37. The van der Waals surface area contributed by atoms with Crippen LogP contribution in [0.1, 0.15) is 35.8 Å². The number of aromatic nitrogens is 2. The molecule has 0 radical (unpaired) electrons. The number of hydrogen-bond acceptors (Lipinski definition) is 9. The van der Waals surface area contributed by atoms with Gasteiger partial charge in [-0.25, -0.2) is 0 Å². The van der Waals surface area contributed by atoms with Crippen molar-refractivity contribution in [2.75, 3.05) is 40.2 Å². The molecule has 2 fully saturated rings. The first kappa shape index (κ1) is 23.3. The second-order valence-electron chi connectivity index (χ2n) is 11.5. The molecule has 202 valence electrons. The highest BCUT2D eigenvalue weighted by Gasteiger charge is 2.79. The Morgan fingerprint density at radius 3 is 2.79 bits per heavy atom. The van der Waals surface area contributed by atoms with E-state index in [0.29, 0.717) is 17.9 Å². The van der Waals surface area contributed by atoms with Gasteiger partial charge in [0.05, 0.1) is 25.6 Å². The number of rotatable bonds is 6. The second kappa shape index (κ2) is 7.76. The first-order valence-corrected chi connectivity index (χ1v) is 13.6. The summed E-state index contributed by atoms with van der Waals surface area (Å²) in [5, 5.41) is 12.2. The molecule has 1 N–H and O–H groups in total. The van der Waals surface area contributed by atoms with Crippen molar-refractivity contribution in [3.63, 3.8) is 0 Å². The predicted octanol–water partition coefficient (Wildman–Crippen LogP) is 4.22. The molecule has 3 aromatic rings. The van der Waals surface area contributed by atoms with Crippen molar-refractivity contribution in [1.82, 2.24) is 15.1 Å². The molecular formula is C30H32N4O5. The van der Waals surface area contributed by atoms with Gasteiger partial charge in [-0.3, -0.25) is 0 Å². The second-order valence-corrected chi connectivity index (χ2v) is 11.5. The van der Waals surface area contributed by atoms with Gasteiger partial charge in [-0.1, -0.05) is 29.4 Å². The molecule has 9 rings (SSSR count). The van der Waals surface area contributed by atoms with Gasteiger partial charge in [0.15, 0.2) is 11.5 Å². The predicted molar refractivity (Wildman–Crippen MR) is 143 cm³/mol. The van der Waals surface area contributed by atoms with Crippen LogP contribution in [-0.4, -0.2) is 67.8 Å². The van der Waals surface area contributed by atoms with Crippen LogP contribution in [0.3, 0.4) is 0 Å². The molecule has 4 aliphatic carbocycles. The summed E-state index contributed by atoms with van der Waals surface area (Å²) in [4.78, 5) is 2.53. The number of nitrogens with zero attached hydrogens (tertiary/aromatic N) is 3. The Hall–Kier alpha value is -3.56. The molecule has 0 amide bonds. The molecule has 9 heteroatoms. The van der Waals surface area contributed by atoms with Gasteiger partial charge in [-0.05, 0) is 56.6 Å². The Balaban J connectivity index is 1.26. The monoisotopic (exact) mass is 528 g/mol. The minimum absolute atomic E-state index is 0.158. The van der Waals surface area contributed by atoms with E-state index < -0.39 is 5.60 Å². The van der Waals surface area contributed by atoms with Crippen molar-refractivity contribution in [3.8, 4) is 17.2 Å². The minimum Gasteiger partial charge on any atom is -0.497 e. The topological polar surface area (TPSA) is 91.1 Å². The fourth-order valence-corrected chi connectivity index (χ4v) is 8.74. The Morgan fingerprint density at radius 1 is 1.08 bits per heavy atom. The van der Waals surface area contributed by atoms with E-state index in [1.807, 2.05) is 24.3 Å². The minimum atomic E-state index is -0.763. The number of benzene rings is 2. The van der Waals surface area contributed by atoms with E-state index >= 15 is 0 Å². The number of likely N-dealkylation sites (tertiary alicyclic amines) is 1. The molecule has 3 heterocycles. The molecule has 39 heavy (non-hydrogen) atoms. The normalized spacial score (nSPS) is 34.9. The van der Waals surface area contributed by atoms with E-state index in [1.54, 1.807) is 21.3 Å². The van der Waals surface area contributed by atoms with E-state index in [-0.39, 0.29) is 22.9 Å². The van der Waals surface area contributed by atoms with Crippen LogP contribution in [0.4, 0.5) is 11.7 Å². The highest BCUT2D eigenvalue weighted by molar-refractivity contribution is 5.66. The summed E-state index contributed by atoms with van der Waals surface area (Å²) in [5.74, 6) is 2.80. The van der Waals surface area contributed by atoms with Gasteiger partial charge in [0.25, 0.3) is 0 Å². The van der Waals surface area contributed by atoms with Gasteiger partial charge in [-0.15, -0.1) is 5.10 Å². The maximum Gasteiger partial charge on any atom is 0.320 e. The maximum atomic E-state index is 7.00. The molecule has 1 aromatic heterocycles. The van der Waals surface area contributed by atoms with Crippen molar-refractivity contribution in [2.24, 2.45) is 5.41 Å². The molecule has 6 aliphatic rings. The zero-order valence-corrected chi connectivity index (χ0v) is 22.6. The van der Waals surface area contributed by atoms with E-state index in [9.17, 15) is 0 Å². The van der Waals surface area contributed by atoms with E-state index in [1.165, 1.54) is 11.1 Å². The van der Waals surface area contributed by atoms with Crippen molar-refractivity contribution >= 4 is 11.7 Å². The van der Waals surface area contributed by atoms with Crippen LogP contribution in [0.15, 0.2) is 53.0 Å². The molecule has 2 spiro atoms. The molecule has 1 saturated carbocycles. The first-order chi connectivity index (χ1) is 19.0. The van der Waals surface area contributed by atoms with E-state index in [2.05, 4.69) is 51.7 Å². The Morgan fingerprint density at radius 2 is 1.97 bits per heavy atom. The average molecular weight is 529 g/mol. The number of methoxy groups -OCH3 is 3. The summed E-state index contributed by atoms with van der Waals surface area (Å²) in [6.45, 7) is 1.01. The number of likely N-dealkylation sites (N-methyl/N-ethyl adjacent to an activating group) is 1. The Kier molecular flexibility index (Phi) is 4.64. The molecule has 2 aromatic carbocycles. The average Bonchev–Trinajstić information content (AvgIpc) is 3.58. The Labute approximate surface area is 227 Å². The number of anilines is 2. The van der Waals surface area contributed by atoms with E-state index in [4.69, 9.17) is 23.4 Å². The van der Waals surface area contributed by atoms with Gasteiger partial charge in [-0.2, -0.15) is 0 Å². The number of piperidine rings is 1. The van der Waals surface area contributed by atoms with Gasteiger partial charge in [0.1, 0.15) is 17.5 Å². The van der Waals surface area contributed by atoms with Crippen LogP contribution < -0.4 is 19.5 Å². The van der Waals surface area contributed by atoms with Crippen LogP contribution in [-0.2, 0) is 16.6 Å². The van der Waals surface area contributed by atoms with E-state index in [0.717, 1.165) is 48.7 Å². The maximum absolute atomic E-state index is 7.00. The highest BCUT2D eigenvalue weighted by Crippen LogP contribution is 2.75. The van der Waals surface area contributed by atoms with Crippen LogP contribution in [0.5, 0.6) is 17.2 Å². The zero-order valence-electron chi connectivity index (χ0n) is 22.6. The summed E-state index contributed by atoms with van der Waals surface area (Å²) >= 11 is 0. The van der Waals surface area contributed by atoms with Crippen LogP contribution >= 0.6 is 0 Å². The standard InChI is InChI=1S/C30H32N4O5/c1-34-13-12-29-23-17-8-9-21(36-3)24(23)38-26(29)30(37-4)11-10-28(29,22(34)14-17)16-20(30)25-32-33-27(39-25)31-18-6-5-7-19(15-18)35-2/h5-11,15,20,22,26H,12-14,16H2,1-4H3,(H,31,33)/t20-,22-,26-,28-,29+,30-/m1/s1.